The zero-order valence-corrected chi connectivity index (χ0v) is 61.6. The summed E-state index contributed by atoms with van der Waals surface area (Å²) in [5, 5.41) is 5.08. The molecule has 1 atom stereocenters. The van der Waals surface area contributed by atoms with Crippen molar-refractivity contribution in [3.8, 4) is 44.5 Å². The van der Waals surface area contributed by atoms with E-state index >= 15 is 0 Å². The second kappa shape index (κ2) is 28.5. The Labute approximate surface area is 593 Å². The highest BCUT2D eigenvalue weighted by Gasteiger charge is 2.51. The zero-order valence-electron chi connectivity index (χ0n) is 61.6. The number of fused-ring (bicyclic) bond motifs is 22. The van der Waals surface area contributed by atoms with Gasteiger partial charge in [-0.1, -0.05) is 313 Å². The maximum Gasteiger partial charge on any atom is 0.144 e. The average molecular weight is 1310 g/mol. The Balaban J connectivity index is 0.891. The second-order valence-electron chi connectivity index (χ2n) is 32.4. The van der Waals surface area contributed by atoms with Gasteiger partial charge in [0, 0.05) is 61.2 Å². The number of nitrogens with zero attached hydrogens (tertiary/aromatic N) is 1. The summed E-state index contributed by atoms with van der Waals surface area (Å²) in [6, 6.07) is 57.9. The third kappa shape index (κ3) is 11.9. The number of hydrogen-bond donors (Lipinski definition) is 0. The van der Waals surface area contributed by atoms with E-state index in [2.05, 4.69) is 206 Å². The Morgan fingerprint density at radius 3 is 1.45 bits per heavy atom. The van der Waals surface area contributed by atoms with Crippen molar-refractivity contribution in [1.29, 1.82) is 0 Å². The number of para-hydroxylation sites is 2. The van der Waals surface area contributed by atoms with Gasteiger partial charge in [0.2, 0.25) is 0 Å². The molecule has 3 nitrogen and oxygen atoms in total. The first kappa shape index (κ1) is 67.3. The smallest absolute Gasteiger partial charge is 0.144 e. The zero-order chi connectivity index (χ0) is 67.9. The number of unbranched alkanes of at least 4 members (excludes halogenated alkanes) is 20. The van der Waals surface area contributed by atoms with Gasteiger partial charge in [-0.25, -0.2) is 0 Å². The maximum absolute atomic E-state index is 7.17. The van der Waals surface area contributed by atoms with Crippen LogP contribution >= 0.6 is 0 Å². The predicted octanol–water partition coefficient (Wildman–Crippen LogP) is 28.6. The third-order valence-electron chi connectivity index (χ3n) is 25.3. The molecule has 8 aromatic carbocycles. The van der Waals surface area contributed by atoms with Crippen LogP contribution in [0.25, 0.3) is 88.4 Å². The lowest BCUT2D eigenvalue weighted by Gasteiger charge is -2.35. The highest BCUT2D eigenvalue weighted by atomic mass is 16.3. The molecule has 0 bridgehead atoms. The number of hydrogen-bond acceptors (Lipinski definition) is 3. The normalized spacial score (nSPS) is 15.6. The Hall–Kier alpha value is -7.49. The summed E-state index contributed by atoms with van der Waals surface area (Å²) in [7, 11) is 0. The molecule has 0 fully saturated rings. The molecular weight excluding hydrogens is 1200 g/mol. The van der Waals surface area contributed by atoms with Crippen molar-refractivity contribution in [2.75, 3.05) is 0 Å². The number of furan rings is 2. The van der Waals surface area contributed by atoms with Crippen LogP contribution in [0.2, 0.25) is 0 Å². The summed E-state index contributed by atoms with van der Waals surface area (Å²) < 4.78 is 14.1. The molecule has 4 aliphatic rings. The van der Waals surface area contributed by atoms with E-state index in [1.807, 2.05) is 12.4 Å². The average Bonchev–Trinajstić information content (AvgIpc) is 1.20. The molecule has 15 rings (SSSR count). The van der Waals surface area contributed by atoms with Crippen LogP contribution < -0.4 is 0 Å². The van der Waals surface area contributed by atoms with E-state index in [9.17, 15) is 0 Å². The van der Waals surface area contributed by atoms with Crippen molar-refractivity contribution >= 4 is 43.9 Å². The molecule has 4 aliphatic carbocycles. The van der Waals surface area contributed by atoms with Crippen LogP contribution in [0, 0.1) is 0 Å². The SMILES string of the molecule is CCCCCCCCC1(CCCCCCCC)c2cc(C(Cc3ccncc3)Cc3ccc4c(c3)C(C)(C)c3c5c(c6c(oc7ccccc76)c3-4)-c3ccccc3C5(C)C)ccc2-c2cc3c(cc21)-c1c(ccc2oc4ccccc4c12)C3(CCCCCCCC)CCCCCCCC. The molecule has 0 N–H and O–H groups in total. The van der Waals surface area contributed by atoms with Gasteiger partial charge in [-0.3, -0.25) is 4.98 Å². The van der Waals surface area contributed by atoms with Gasteiger partial charge in [-0.15, -0.1) is 0 Å². The lowest BCUT2D eigenvalue weighted by molar-refractivity contribution is 0.394. The van der Waals surface area contributed by atoms with Crippen LogP contribution in [0.4, 0.5) is 0 Å². The van der Waals surface area contributed by atoms with Gasteiger partial charge in [0.05, 0.1) is 0 Å². The fourth-order valence-corrected chi connectivity index (χ4v) is 20.3. The molecule has 0 amide bonds. The van der Waals surface area contributed by atoms with Crippen LogP contribution in [-0.4, -0.2) is 4.98 Å². The topological polar surface area (TPSA) is 39.2 Å². The van der Waals surface area contributed by atoms with Crippen molar-refractivity contribution in [2.45, 2.75) is 276 Å². The minimum Gasteiger partial charge on any atom is -0.456 e. The molecule has 3 heteroatoms. The number of benzene rings is 8. The highest BCUT2D eigenvalue weighted by molar-refractivity contribution is 6.21. The lowest BCUT2D eigenvalue weighted by Crippen LogP contribution is -2.27. The molecule has 3 aromatic heterocycles. The van der Waals surface area contributed by atoms with Crippen molar-refractivity contribution in [2.24, 2.45) is 0 Å². The van der Waals surface area contributed by atoms with E-state index in [-0.39, 0.29) is 27.6 Å². The van der Waals surface area contributed by atoms with Crippen molar-refractivity contribution < 1.29 is 8.83 Å². The minimum absolute atomic E-state index is 0.0770. The molecule has 0 saturated heterocycles. The van der Waals surface area contributed by atoms with Gasteiger partial charge in [0.1, 0.15) is 22.3 Å². The summed E-state index contributed by atoms with van der Waals surface area (Å²) in [6.07, 6.45) is 41.9. The Morgan fingerprint density at radius 1 is 0.333 bits per heavy atom. The van der Waals surface area contributed by atoms with E-state index in [1.165, 1.54) is 285 Å². The Morgan fingerprint density at radius 2 is 0.818 bits per heavy atom. The van der Waals surface area contributed by atoms with Crippen LogP contribution in [0.1, 0.15) is 302 Å². The van der Waals surface area contributed by atoms with Crippen molar-refractivity contribution in [3.63, 3.8) is 0 Å². The predicted molar refractivity (Wildman–Crippen MR) is 421 cm³/mol. The van der Waals surface area contributed by atoms with Crippen molar-refractivity contribution in [3.05, 3.63) is 219 Å². The van der Waals surface area contributed by atoms with E-state index in [1.54, 1.807) is 22.3 Å². The van der Waals surface area contributed by atoms with E-state index in [0.29, 0.717) is 0 Å². The monoisotopic (exact) mass is 1310 g/mol. The van der Waals surface area contributed by atoms with Crippen LogP contribution in [-0.2, 0) is 34.5 Å². The van der Waals surface area contributed by atoms with Crippen molar-refractivity contribution in [1.82, 2.24) is 4.98 Å². The van der Waals surface area contributed by atoms with E-state index in [4.69, 9.17) is 8.83 Å². The molecule has 11 aromatic rings. The summed E-state index contributed by atoms with van der Waals surface area (Å²) in [5.41, 5.74) is 31.1. The van der Waals surface area contributed by atoms with E-state index in [0.717, 1.165) is 35.2 Å². The van der Waals surface area contributed by atoms with Gasteiger partial charge < -0.3 is 8.83 Å². The van der Waals surface area contributed by atoms with Gasteiger partial charge >= 0.3 is 0 Å². The molecule has 1 unspecified atom stereocenters. The number of rotatable bonds is 33. The third-order valence-corrected chi connectivity index (χ3v) is 25.3. The Bertz CT molecular complexity index is 4680. The van der Waals surface area contributed by atoms with Gasteiger partial charge in [0.25, 0.3) is 0 Å². The molecule has 99 heavy (non-hydrogen) atoms. The molecule has 0 radical (unpaired) electrons. The molecule has 0 aliphatic heterocycles. The summed E-state index contributed by atoms with van der Waals surface area (Å²) in [5.74, 6) is 0.230. The summed E-state index contributed by atoms with van der Waals surface area (Å²) >= 11 is 0. The van der Waals surface area contributed by atoms with Crippen LogP contribution in [0.3, 0.4) is 0 Å². The first-order valence-electron chi connectivity index (χ1n) is 39.9. The quantitative estimate of drug-likeness (QED) is 0.0385. The molecular formula is C96H111NO2. The minimum atomic E-state index is -0.276. The van der Waals surface area contributed by atoms with Crippen LogP contribution in [0.15, 0.2) is 167 Å². The largest absolute Gasteiger partial charge is 0.456 e. The Kier molecular flexibility index (Phi) is 19.4. The van der Waals surface area contributed by atoms with E-state index < -0.39 is 0 Å². The molecule has 512 valence electrons. The summed E-state index contributed by atoms with van der Waals surface area (Å²) in [4.78, 5) is 4.59. The van der Waals surface area contributed by atoms with Gasteiger partial charge in [-0.2, -0.15) is 0 Å². The summed E-state index contributed by atoms with van der Waals surface area (Å²) in [6.45, 7) is 19.4. The highest BCUT2D eigenvalue weighted by Crippen LogP contribution is 2.65. The molecule has 0 spiro atoms. The second-order valence-corrected chi connectivity index (χ2v) is 32.4. The first-order chi connectivity index (χ1) is 48.5. The number of pyridine rings is 1. The molecule has 0 saturated carbocycles. The molecule has 3 heterocycles. The fourth-order valence-electron chi connectivity index (χ4n) is 20.3. The standard InChI is InChI=1S/C96H111NO2/c1-9-13-17-21-25-35-53-95(54-36-26-22-18-14-10-2)77-49-50-84-86(72-40-30-33-43-82(72)98-84)85(77)75-64-80-74(63-81(75)95)69-48-46-67(62-79(69)96(80,55-37-27-23-19-15-11-3)56-38-28-24-20-16-12-4)68(59-65-51-57-97-58-52-65)60-66-45-47-71-78(61-66)94(7,8)91-89(71)92-88(73-41-31-34-44-83(73)99-92)87-70-39-29-32-42-76(70)93(5,6)90(87)91/h29-34,39-52,57-58,61-64,68H,9-28,35-38,53-56,59-60H2,1-8H3. The van der Waals surface area contributed by atoms with Gasteiger partial charge in [0.15, 0.2) is 0 Å². The van der Waals surface area contributed by atoms with Crippen LogP contribution in [0.5, 0.6) is 0 Å². The lowest BCUT2D eigenvalue weighted by atomic mass is 9.68. The first-order valence-corrected chi connectivity index (χ1v) is 39.9. The maximum atomic E-state index is 7.17. The number of aromatic nitrogens is 1. The van der Waals surface area contributed by atoms with Gasteiger partial charge in [-0.05, 0) is 187 Å². The fraction of sp³-hybridized carbons (Fsp3) is 0.448.